The monoisotopic (exact) mass is 255 g/mol. The molecule has 18 heavy (non-hydrogen) atoms. The summed E-state index contributed by atoms with van der Waals surface area (Å²) in [6.45, 7) is 0.739. The molecule has 0 aliphatic rings. The van der Waals surface area contributed by atoms with Gasteiger partial charge in [0.25, 0.3) is 5.91 Å². The Morgan fingerprint density at radius 3 is 2.61 bits per heavy atom. The summed E-state index contributed by atoms with van der Waals surface area (Å²) in [6, 6.07) is 5.64. The molecule has 1 aromatic carbocycles. The van der Waals surface area contributed by atoms with Gasteiger partial charge in [0, 0.05) is 13.7 Å². The largest absolute Gasteiger partial charge is 0.383 e. The van der Waals surface area contributed by atoms with Crippen LogP contribution in [-0.2, 0) is 16.1 Å². The van der Waals surface area contributed by atoms with Gasteiger partial charge >= 0.3 is 0 Å². The summed E-state index contributed by atoms with van der Waals surface area (Å²) in [6.07, 6.45) is 0. The Morgan fingerprint density at radius 1 is 1.50 bits per heavy atom. The molecule has 0 aliphatic heterocycles. The van der Waals surface area contributed by atoms with Gasteiger partial charge in [-0.2, -0.15) is 0 Å². The molecule has 6 heteroatoms. The van der Waals surface area contributed by atoms with E-state index in [2.05, 4.69) is 5.43 Å². The standard InChI is InChI=1S/C12H18FN3O2/c1-16(11(8-18-2)12(17)15-14)7-9-3-5-10(13)6-4-9/h3-6,11H,7-8,14H2,1-2H3,(H,15,17). The number of ether oxygens (including phenoxy) is 1. The number of methoxy groups -OCH3 is 1. The fourth-order valence-electron chi connectivity index (χ4n) is 1.65. The molecule has 1 amide bonds. The zero-order chi connectivity index (χ0) is 13.5. The number of hydrazine groups is 1. The maximum absolute atomic E-state index is 12.8. The maximum Gasteiger partial charge on any atom is 0.253 e. The van der Waals surface area contributed by atoms with Crippen molar-refractivity contribution >= 4 is 5.91 Å². The third-order valence-corrected chi connectivity index (χ3v) is 2.65. The average molecular weight is 255 g/mol. The van der Waals surface area contributed by atoms with Crippen molar-refractivity contribution in [1.29, 1.82) is 0 Å². The quantitative estimate of drug-likeness (QED) is 0.435. The molecule has 1 rings (SSSR count). The molecular weight excluding hydrogens is 237 g/mol. The number of nitrogens with zero attached hydrogens (tertiary/aromatic N) is 1. The first kappa shape index (κ1) is 14.6. The molecule has 100 valence electrons. The first-order valence-corrected chi connectivity index (χ1v) is 5.52. The lowest BCUT2D eigenvalue weighted by Crippen LogP contribution is -2.49. The van der Waals surface area contributed by atoms with E-state index in [1.54, 1.807) is 24.1 Å². The van der Waals surface area contributed by atoms with E-state index in [9.17, 15) is 9.18 Å². The van der Waals surface area contributed by atoms with E-state index in [0.717, 1.165) is 5.56 Å². The summed E-state index contributed by atoms with van der Waals surface area (Å²) in [5.41, 5.74) is 3.01. The molecule has 0 saturated heterocycles. The molecule has 0 radical (unpaired) electrons. The number of hydrogen-bond donors (Lipinski definition) is 2. The molecule has 1 aromatic rings. The smallest absolute Gasteiger partial charge is 0.253 e. The summed E-state index contributed by atoms with van der Waals surface area (Å²) in [5.74, 6) is 4.52. The third-order valence-electron chi connectivity index (χ3n) is 2.65. The summed E-state index contributed by atoms with van der Waals surface area (Å²) >= 11 is 0. The SMILES string of the molecule is COCC(C(=O)NN)N(C)Cc1ccc(F)cc1. The van der Waals surface area contributed by atoms with E-state index in [0.29, 0.717) is 6.54 Å². The summed E-state index contributed by atoms with van der Waals surface area (Å²) in [7, 11) is 3.30. The topological polar surface area (TPSA) is 67.6 Å². The Balaban J connectivity index is 2.68. The summed E-state index contributed by atoms with van der Waals surface area (Å²) in [5, 5.41) is 0. The Kier molecular flexibility index (Phi) is 5.70. The minimum absolute atomic E-state index is 0.237. The van der Waals surface area contributed by atoms with Crippen LogP contribution in [0.4, 0.5) is 4.39 Å². The summed E-state index contributed by atoms with van der Waals surface area (Å²) in [4.78, 5) is 13.4. The van der Waals surface area contributed by atoms with Crippen LogP contribution >= 0.6 is 0 Å². The molecule has 0 saturated carbocycles. The highest BCUT2D eigenvalue weighted by atomic mass is 19.1. The number of carbonyl (C=O) groups excluding carboxylic acids is 1. The highest BCUT2D eigenvalue weighted by Crippen LogP contribution is 2.08. The van der Waals surface area contributed by atoms with Crippen molar-refractivity contribution in [3.8, 4) is 0 Å². The first-order chi connectivity index (χ1) is 8.58. The number of likely N-dealkylation sites (N-methyl/N-ethyl adjacent to an activating group) is 1. The first-order valence-electron chi connectivity index (χ1n) is 5.52. The van der Waals surface area contributed by atoms with Crippen LogP contribution in [0.3, 0.4) is 0 Å². The van der Waals surface area contributed by atoms with E-state index >= 15 is 0 Å². The van der Waals surface area contributed by atoms with Crippen molar-refractivity contribution < 1.29 is 13.9 Å². The van der Waals surface area contributed by atoms with Crippen LogP contribution in [-0.4, -0.2) is 37.6 Å². The molecule has 0 aliphatic carbocycles. The van der Waals surface area contributed by atoms with E-state index in [1.807, 2.05) is 0 Å². The van der Waals surface area contributed by atoms with Crippen LogP contribution in [0.1, 0.15) is 5.56 Å². The van der Waals surface area contributed by atoms with Gasteiger partial charge in [0.2, 0.25) is 0 Å². The Labute approximate surface area is 106 Å². The number of carbonyl (C=O) groups is 1. The van der Waals surface area contributed by atoms with Gasteiger partial charge < -0.3 is 4.74 Å². The Morgan fingerprint density at radius 2 is 2.11 bits per heavy atom. The van der Waals surface area contributed by atoms with Crippen molar-refractivity contribution in [2.75, 3.05) is 20.8 Å². The van der Waals surface area contributed by atoms with Crippen LogP contribution < -0.4 is 11.3 Å². The van der Waals surface area contributed by atoms with Crippen LogP contribution in [0, 0.1) is 5.82 Å². The van der Waals surface area contributed by atoms with Gasteiger partial charge in [-0.25, -0.2) is 10.2 Å². The van der Waals surface area contributed by atoms with Gasteiger partial charge in [-0.3, -0.25) is 15.1 Å². The maximum atomic E-state index is 12.8. The van der Waals surface area contributed by atoms with Crippen molar-refractivity contribution in [2.24, 2.45) is 5.84 Å². The van der Waals surface area contributed by atoms with Crippen LogP contribution in [0.15, 0.2) is 24.3 Å². The lowest BCUT2D eigenvalue weighted by Gasteiger charge is -2.25. The van der Waals surface area contributed by atoms with Crippen LogP contribution in [0.5, 0.6) is 0 Å². The summed E-state index contributed by atoms with van der Waals surface area (Å²) < 4.78 is 17.8. The molecule has 0 bridgehead atoms. The van der Waals surface area contributed by atoms with Crippen molar-refractivity contribution in [1.82, 2.24) is 10.3 Å². The third kappa shape index (κ3) is 4.06. The molecule has 1 unspecified atom stereocenters. The van der Waals surface area contributed by atoms with Gasteiger partial charge in [-0.05, 0) is 24.7 Å². The number of nitrogens with one attached hydrogen (secondary N) is 1. The predicted octanol–water partition coefficient (Wildman–Crippen LogP) is 0.262. The number of rotatable bonds is 6. The molecule has 3 N–H and O–H groups in total. The van der Waals surface area contributed by atoms with E-state index in [1.165, 1.54) is 19.2 Å². The predicted molar refractivity (Wildman–Crippen MR) is 65.9 cm³/mol. The van der Waals surface area contributed by atoms with E-state index in [-0.39, 0.29) is 18.3 Å². The van der Waals surface area contributed by atoms with Crippen LogP contribution in [0.25, 0.3) is 0 Å². The average Bonchev–Trinajstić information content (AvgIpc) is 2.37. The van der Waals surface area contributed by atoms with Gasteiger partial charge in [0.1, 0.15) is 11.9 Å². The highest BCUT2D eigenvalue weighted by molar-refractivity contribution is 5.81. The number of hydrogen-bond acceptors (Lipinski definition) is 4. The molecule has 0 heterocycles. The van der Waals surface area contributed by atoms with Crippen molar-refractivity contribution in [3.05, 3.63) is 35.6 Å². The fourth-order valence-corrected chi connectivity index (χ4v) is 1.65. The number of nitrogens with two attached hydrogens (primary N) is 1. The number of benzene rings is 1. The number of halogens is 1. The second-order valence-electron chi connectivity index (χ2n) is 4.02. The second kappa shape index (κ2) is 7.05. The zero-order valence-electron chi connectivity index (χ0n) is 10.5. The van der Waals surface area contributed by atoms with Gasteiger partial charge in [0.15, 0.2) is 0 Å². The van der Waals surface area contributed by atoms with E-state index in [4.69, 9.17) is 10.6 Å². The molecular formula is C12H18FN3O2. The molecule has 0 aromatic heterocycles. The van der Waals surface area contributed by atoms with Gasteiger partial charge in [0.05, 0.1) is 6.61 Å². The molecule has 1 atom stereocenters. The minimum Gasteiger partial charge on any atom is -0.383 e. The normalized spacial score (nSPS) is 12.5. The number of amides is 1. The van der Waals surface area contributed by atoms with Gasteiger partial charge in [-0.15, -0.1) is 0 Å². The highest BCUT2D eigenvalue weighted by Gasteiger charge is 2.22. The van der Waals surface area contributed by atoms with Gasteiger partial charge in [-0.1, -0.05) is 12.1 Å². The van der Waals surface area contributed by atoms with Crippen LogP contribution in [0.2, 0.25) is 0 Å². The zero-order valence-corrected chi connectivity index (χ0v) is 10.5. The molecule has 0 fully saturated rings. The lowest BCUT2D eigenvalue weighted by atomic mass is 10.2. The molecule has 0 spiro atoms. The van der Waals surface area contributed by atoms with E-state index < -0.39 is 6.04 Å². The Hall–Kier alpha value is -1.50. The molecule has 5 nitrogen and oxygen atoms in total. The lowest BCUT2D eigenvalue weighted by molar-refractivity contribution is -0.128. The van der Waals surface area contributed by atoms with Crippen molar-refractivity contribution in [3.63, 3.8) is 0 Å². The second-order valence-corrected chi connectivity index (χ2v) is 4.02. The van der Waals surface area contributed by atoms with Crippen molar-refractivity contribution in [2.45, 2.75) is 12.6 Å². The fraction of sp³-hybridized carbons (Fsp3) is 0.417. The minimum atomic E-state index is -0.481. The Bertz CT molecular complexity index is 383.